The Hall–Kier alpha value is -2.45. The van der Waals surface area contributed by atoms with E-state index in [0.29, 0.717) is 52.2 Å². The molecule has 2 aliphatic heterocycles. The summed E-state index contributed by atoms with van der Waals surface area (Å²) in [5.41, 5.74) is 14.3. The average molecular weight is 286 g/mol. The van der Waals surface area contributed by atoms with Crippen molar-refractivity contribution >= 4 is 23.0 Å². The molecule has 2 heterocycles. The summed E-state index contributed by atoms with van der Waals surface area (Å²) in [7, 11) is 0. The first-order valence-corrected chi connectivity index (χ1v) is 6.50. The molecule has 4 N–H and O–H groups in total. The number of allylic oxidation sites excluding steroid dienone is 2. The molecule has 0 aromatic heterocycles. The molecule has 20 heavy (non-hydrogen) atoms. The number of halogens is 1. The zero-order valence-corrected chi connectivity index (χ0v) is 11.4. The second-order valence-corrected chi connectivity index (χ2v) is 4.90. The minimum atomic E-state index is 0.326. The smallest absolute Gasteiger partial charge is 0.154 e. The summed E-state index contributed by atoms with van der Waals surface area (Å²) in [6.07, 6.45) is 0. The van der Waals surface area contributed by atoms with Crippen molar-refractivity contribution in [1.82, 2.24) is 4.90 Å². The highest BCUT2D eigenvalue weighted by Gasteiger charge is 2.33. The number of hydrogen-bond acceptors (Lipinski definition) is 5. The van der Waals surface area contributed by atoms with Gasteiger partial charge in [0.1, 0.15) is 11.9 Å². The van der Waals surface area contributed by atoms with E-state index in [0.717, 1.165) is 0 Å². The number of nitrogens with zero attached hydrogens (tertiary/aromatic N) is 3. The normalized spacial score (nSPS) is 18.0. The zero-order valence-electron chi connectivity index (χ0n) is 10.6. The van der Waals surface area contributed by atoms with Crippen molar-refractivity contribution < 1.29 is 0 Å². The van der Waals surface area contributed by atoms with Crippen LogP contribution in [-0.2, 0) is 0 Å². The quantitative estimate of drug-likeness (QED) is 0.816. The number of nitrogens with two attached hydrogens (primary N) is 2. The van der Waals surface area contributed by atoms with Gasteiger partial charge in [0.05, 0.1) is 17.8 Å². The van der Waals surface area contributed by atoms with Crippen LogP contribution in [0.5, 0.6) is 0 Å². The van der Waals surface area contributed by atoms with Gasteiger partial charge >= 0.3 is 0 Å². The molecule has 100 valence electrons. The Kier molecular flexibility index (Phi) is 2.88. The van der Waals surface area contributed by atoms with E-state index < -0.39 is 0 Å². The maximum atomic E-state index is 9.43. The van der Waals surface area contributed by atoms with Crippen molar-refractivity contribution in [2.24, 2.45) is 16.5 Å². The van der Waals surface area contributed by atoms with E-state index in [1.54, 1.807) is 6.07 Å². The van der Waals surface area contributed by atoms with Crippen molar-refractivity contribution in [3.05, 3.63) is 51.9 Å². The van der Waals surface area contributed by atoms with Gasteiger partial charge in [0, 0.05) is 22.7 Å². The Bertz CT molecular complexity index is 723. The van der Waals surface area contributed by atoms with Crippen LogP contribution in [0.2, 0.25) is 5.02 Å². The fraction of sp³-hybridized carbons (Fsp3) is 0.143. The molecule has 0 atom stereocenters. The number of aliphatic imine (C=N–C) groups is 1. The number of rotatable bonds is 1. The van der Waals surface area contributed by atoms with Crippen LogP contribution < -0.4 is 11.5 Å². The molecule has 1 aromatic rings. The second-order valence-electron chi connectivity index (χ2n) is 4.50. The van der Waals surface area contributed by atoms with Gasteiger partial charge in [0.25, 0.3) is 0 Å². The Morgan fingerprint density at radius 2 is 2.05 bits per heavy atom. The minimum Gasteiger partial charge on any atom is -0.395 e. The average Bonchev–Trinajstić information content (AvgIpc) is 2.93. The highest BCUT2D eigenvalue weighted by Crippen LogP contribution is 2.36. The molecule has 0 aliphatic carbocycles. The van der Waals surface area contributed by atoms with Crippen molar-refractivity contribution in [3.63, 3.8) is 0 Å². The van der Waals surface area contributed by atoms with Crippen LogP contribution in [0.25, 0.3) is 5.57 Å². The van der Waals surface area contributed by atoms with Crippen molar-refractivity contribution in [1.29, 1.82) is 5.26 Å². The molecule has 5 nitrogen and oxygen atoms in total. The summed E-state index contributed by atoms with van der Waals surface area (Å²) in [6, 6.07) is 9.38. The highest BCUT2D eigenvalue weighted by molar-refractivity contribution is 6.32. The van der Waals surface area contributed by atoms with Gasteiger partial charge in [-0.3, -0.25) is 4.99 Å². The molecule has 0 saturated carbocycles. The molecule has 3 rings (SSSR count). The molecule has 0 saturated heterocycles. The van der Waals surface area contributed by atoms with E-state index in [-0.39, 0.29) is 0 Å². The van der Waals surface area contributed by atoms with E-state index in [2.05, 4.69) is 11.1 Å². The summed E-state index contributed by atoms with van der Waals surface area (Å²) < 4.78 is 0. The first kappa shape index (κ1) is 12.6. The largest absolute Gasteiger partial charge is 0.395 e. The standard InChI is InChI=1S/C14H12ClN5/c15-10-4-2-1-3-8(10)11-9(7-16)12(17)14-19-5-6-20(14)13(11)18/h1-4H,5-6,17-18H2. The highest BCUT2D eigenvalue weighted by atomic mass is 35.5. The molecule has 0 bridgehead atoms. The van der Waals surface area contributed by atoms with Gasteiger partial charge in [-0.15, -0.1) is 0 Å². The number of hydrogen-bond donors (Lipinski definition) is 2. The van der Waals surface area contributed by atoms with Gasteiger partial charge in [-0.2, -0.15) is 5.26 Å². The van der Waals surface area contributed by atoms with Crippen LogP contribution >= 0.6 is 11.6 Å². The van der Waals surface area contributed by atoms with Crippen LogP contribution in [-0.4, -0.2) is 23.8 Å². The molecule has 0 spiro atoms. The predicted molar refractivity (Wildman–Crippen MR) is 78.4 cm³/mol. The molecule has 1 aromatic carbocycles. The third kappa shape index (κ3) is 1.66. The SMILES string of the molecule is N#CC1=C(N)C2=NCCN2C(N)=C1c1ccccc1Cl. The first-order chi connectivity index (χ1) is 9.65. The van der Waals surface area contributed by atoms with Gasteiger partial charge in [-0.1, -0.05) is 29.8 Å². The summed E-state index contributed by atoms with van der Waals surface area (Å²) in [5.74, 6) is 1.05. The summed E-state index contributed by atoms with van der Waals surface area (Å²) >= 11 is 6.22. The van der Waals surface area contributed by atoms with Crippen LogP contribution in [0.1, 0.15) is 5.56 Å². The van der Waals surface area contributed by atoms with Gasteiger partial charge in [-0.25, -0.2) is 0 Å². The van der Waals surface area contributed by atoms with Crippen LogP contribution in [0.3, 0.4) is 0 Å². The van der Waals surface area contributed by atoms with Gasteiger partial charge in [0.15, 0.2) is 5.84 Å². The van der Waals surface area contributed by atoms with E-state index in [1.165, 1.54) is 0 Å². The van der Waals surface area contributed by atoms with Crippen LogP contribution in [0.4, 0.5) is 0 Å². The third-order valence-electron chi connectivity index (χ3n) is 3.40. The minimum absolute atomic E-state index is 0.326. The van der Waals surface area contributed by atoms with E-state index >= 15 is 0 Å². The van der Waals surface area contributed by atoms with E-state index in [1.807, 2.05) is 23.1 Å². The Morgan fingerprint density at radius 1 is 1.30 bits per heavy atom. The van der Waals surface area contributed by atoms with Crippen LogP contribution in [0.15, 0.2) is 46.3 Å². The topological polar surface area (TPSA) is 91.4 Å². The Balaban J connectivity index is 2.28. The molecule has 0 amide bonds. The molecular weight excluding hydrogens is 274 g/mol. The molecule has 0 fully saturated rings. The lowest BCUT2D eigenvalue weighted by Crippen LogP contribution is -2.39. The molecule has 0 radical (unpaired) electrons. The molecular formula is C14H12ClN5. The fourth-order valence-electron chi connectivity index (χ4n) is 2.47. The second kappa shape index (κ2) is 4.58. The zero-order chi connectivity index (χ0) is 14.3. The lowest BCUT2D eigenvalue weighted by molar-refractivity contribution is 0.552. The monoisotopic (exact) mass is 285 g/mol. The van der Waals surface area contributed by atoms with Crippen molar-refractivity contribution in [2.75, 3.05) is 13.1 Å². The maximum absolute atomic E-state index is 9.43. The molecule has 2 aliphatic rings. The number of fused-ring (bicyclic) bond motifs is 1. The van der Waals surface area contributed by atoms with Crippen LogP contribution in [0, 0.1) is 11.3 Å². The number of benzene rings is 1. The molecule has 6 heteroatoms. The van der Waals surface area contributed by atoms with Gasteiger partial charge in [-0.05, 0) is 6.07 Å². The molecule has 0 unspecified atom stereocenters. The summed E-state index contributed by atoms with van der Waals surface area (Å²) in [5, 5.41) is 9.96. The van der Waals surface area contributed by atoms with Gasteiger partial charge < -0.3 is 16.4 Å². The van der Waals surface area contributed by atoms with E-state index in [9.17, 15) is 5.26 Å². The fourth-order valence-corrected chi connectivity index (χ4v) is 2.70. The Labute approximate surface area is 121 Å². The number of nitriles is 1. The lowest BCUT2D eigenvalue weighted by Gasteiger charge is -2.29. The van der Waals surface area contributed by atoms with E-state index in [4.69, 9.17) is 23.1 Å². The first-order valence-electron chi connectivity index (χ1n) is 6.12. The van der Waals surface area contributed by atoms with Gasteiger partial charge in [0.2, 0.25) is 0 Å². The third-order valence-corrected chi connectivity index (χ3v) is 3.73. The maximum Gasteiger partial charge on any atom is 0.154 e. The van der Waals surface area contributed by atoms with Crippen molar-refractivity contribution in [2.45, 2.75) is 0 Å². The number of amidine groups is 1. The lowest BCUT2D eigenvalue weighted by atomic mass is 9.93. The predicted octanol–water partition coefficient (Wildman–Crippen LogP) is 1.43. The summed E-state index contributed by atoms with van der Waals surface area (Å²) in [6.45, 7) is 1.28. The summed E-state index contributed by atoms with van der Waals surface area (Å²) in [4.78, 5) is 6.13. The Morgan fingerprint density at radius 3 is 2.75 bits per heavy atom. The van der Waals surface area contributed by atoms with Crippen molar-refractivity contribution in [3.8, 4) is 6.07 Å².